The number of benzene rings is 3. The summed E-state index contributed by atoms with van der Waals surface area (Å²) in [6.45, 7) is 3.54. The second-order valence-electron chi connectivity index (χ2n) is 8.35. The average Bonchev–Trinajstić information content (AvgIpc) is 3.51. The van der Waals surface area contributed by atoms with Gasteiger partial charge < -0.3 is 5.32 Å². The lowest BCUT2D eigenvalue weighted by Crippen LogP contribution is -2.43. The quantitative estimate of drug-likeness (QED) is 0.458. The number of nitrogens with one attached hydrogen (secondary N) is 1. The molecule has 1 unspecified atom stereocenters. The smallest absolute Gasteiger partial charge is 0.149 e. The maximum absolute atomic E-state index is 13.2. The average molecular weight is 412 g/mol. The molecule has 1 N–H and O–H groups in total. The number of nitrogens with zero attached hydrogens (tertiary/aromatic N) is 4. The molecule has 0 amide bonds. The van der Waals surface area contributed by atoms with E-state index in [4.69, 9.17) is 0 Å². The van der Waals surface area contributed by atoms with Gasteiger partial charge in [-0.25, -0.2) is 14.1 Å². The predicted molar refractivity (Wildman–Crippen MR) is 121 cm³/mol. The number of hydrogen-bond donors (Lipinski definition) is 1. The molecule has 0 radical (unpaired) electrons. The lowest BCUT2D eigenvalue weighted by atomic mass is 10.0. The van der Waals surface area contributed by atoms with Gasteiger partial charge in [-0.1, -0.05) is 24.3 Å². The highest BCUT2D eigenvalue weighted by Gasteiger charge is 2.48. The van der Waals surface area contributed by atoms with Gasteiger partial charge >= 0.3 is 0 Å². The molecule has 31 heavy (non-hydrogen) atoms. The highest BCUT2D eigenvalue weighted by Crippen LogP contribution is 2.57. The number of quaternary nitrogens is 1. The van der Waals surface area contributed by atoms with Crippen LogP contribution in [-0.4, -0.2) is 27.9 Å². The first-order valence-corrected chi connectivity index (χ1v) is 10.7. The molecule has 0 saturated carbocycles. The zero-order valence-corrected chi connectivity index (χ0v) is 17.1. The largest absolute Gasteiger partial charge is 0.381 e. The zero-order chi connectivity index (χ0) is 20.8. The van der Waals surface area contributed by atoms with E-state index in [0.29, 0.717) is 6.54 Å². The summed E-state index contributed by atoms with van der Waals surface area (Å²) in [7, 11) is 0. The molecule has 1 aromatic heterocycles. The topological polar surface area (TPSA) is 42.7 Å². The van der Waals surface area contributed by atoms with Crippen LogP contribution in [0, 0.1) is 5.82 Å². The van der Waals surface area contributed by atoms with Crippen molar-refractivity contribution >= 4 is 17.1 Å². The summed E-state index contributed by atoms with van der Waals surface area (Å²) in [4.78, 5) is 4.10. The highest BCUT2D eigenvalue weighted by atomic mass is 19.1. The van der Waals surface area contributed by atoms with E-state index in [2.05, 4.69) is 51.8 Å². The molecule has 154 valence electrons. The van der Waals surface area contributed by atoms with Crippen molar-refractivity contribution in [3.63, 3.8) is 0 Å². The Balaban J connectivity index is 1.34. The van der Waals surface area contributed by atoms with Crippen LogP contribution in [0.25, 0.3) is 11.1 Å². The second kappa shape index (κ2) is 7.03. The van der Waals surface area contributed by atoms with Crippen molar-refractivity contribution in [1.29, 1.82) is 0 Å². The van der Waals surface area contributed by atoms with Crippen LogP contribution in [0.2, 0.25) is 0 Å². The summed E-state index contributed by atoms with van der Waals surface area (Å²) >= 11 is 0. The minimum Gasteiger partial charge on any atom is -0.381 e. The number of anilines is 1. The van der Waals surface area contributed by atoms with Crippen LogP contribution >= 0.6 is 0 Å². The van der Waals surface area contributed by atoms with Crippen molar-refractivity contribution in [2.75, 3.05) is 18.4 Å². The van der Waals surface area contributed by atoms with Crippen molar-refractivity contribution in [1.82, 2.24) is 19.2 Å². The monoisotopic (exact) mass is 412 g/mol. The first kappa shape index (κ1) is 18.3. The van der Waals surface area contributed by atoms with Crippen LogP contribution in [0.4, 0.5) is 21.5 Å². The maximum atomic E-state index is 13.2. The molecule has 6 heteroatoms. The van der Waals surface area contributed by atoms with E-state index in [1.807, 2.05) is 16.8 Å². The summed E-state index contributed by atoms with van der Waals surface area (Å²) in [5.74, 6) is -0.205. The van der Waals surface area contributed by atoms with Gasteiger partial charge in [0.15, 0.2) is 0 Å². The third-order valence-electron chi connectivity index (χ3n) is 6.65. The number of para-hydroxylation sites is 1. The van der Waals surface area contributed by atoms with Gasteiger partial charge in [0.05, 0.1) is 18.7 Å². The Morgan fingerprint density at radius 3 is 2.77 bits per heavy atom. The Hall–Kier alpha value is -3.51. The van der Waals surface area contributed by atoms with E-state index in [9.17, 15) is 4.39 Å². The summed E-state index contributed by atoms with van der Waals surface area (Å²) in [5, 5.41) is 7.81. The molecule has 6 rings (SSSR count). The van der Waals surface area contributed by atoms with Gasteiger partial charge in [-0.15, -0.1) is 0 Å². The summed E-state index contributed by atoms with van der Waals surface area (Å²) < 4.78 is 16.0. The molecule has 3 heterocycles. The Morgan fingerprint density at radius 1 is 1.03 bits per heavy atom. The lowest BCUT2D eigenvalue weighted by Gasteiger charge is -2.31. The molecule has 0 spiro atoms. The van der Waals surface area contributed by atoms with Crippen molar-refractivity contribution in [2.24, 2.45) is 0 Å². The van der Waals surface area contributed by atoms with Gasteiger partial charge in [-0.2, -0.15) is 5.10 Å². The minimum atomic E-state index is -0.205. The third kappa shape index (κ3) is 2.94. The van der Waals surface area contributed by atoms with E-state index < -0.39 is 0 Å². The second-order valence-corrected chi connectivity index (χ2v) is 8.35. The number of halogens is 1. The normalized spacial score (nSPS) is 18.1. The van der Waals surface area contributed by atoms with E-state index in [0.717, 1.165) is 41.8 Å². The number of aromatic nitrogens is 3. The number of fused-ring (bicyclic) bond motifs is 3. The third-order valence-corrected chi connectivity index (χ3v) is 6.65. The van der Waals surface area contributed by atoms with Crippen molar-refractivity contribution < 1.29 is 4.39 Å². The summed E-state index contributed by atoms with van der Waals surface area (Å²) in [6.07, 6.45) is 4.49. The molecule has 0 bridgehead atoms. The molecular weight excluding hydrogens is 389 g/mol. The van der Waals surface area contributed by atoms with Crippen LogP contribution in [0.1, 0.15) is 11.1 Å². The molecule has 4 aromatic rings. The standard InChI is InChI=1S/C25H23FN5/c26-20-6-4-18(5-7-20)15-28-21-8-9-24-23(14-21)22-3-1-2-19-10-12-31(24,25(19)22)13-11-30-17-27-16-29-30/h1-9,14,16-17,28H,10-13,15H2/q+1. The Morgan fingerprint density at radius 2 is 1.94 bits per heavy atom. The van der Waals surface area contributed by atoms with Crippen molar-refractivity contribution in [3.05, 3.63) is 90.3 Å². The van der Waals surface area contributed by atoms with E-state index in [1.165, 1.54) is 40.2 Å². The van der Waals surface area contributed by atoms with Gasteiger partial charge in [0.2, 0.25) is 0 Å². The van der Waals surface area contributed by atoms with Gasteiger partial charge in [0, 0.05) is 35.8 Å². The first-order valence-electron chi connectivity index (χ1n) is 10.7. The Kier molecular flexibility index (Phi) is 4.14. The van der Waals surface area contributed by atoms with E-state index in [1.54, 1.807) is 12.7 Å². The molecule has 0 fully saturated rings. The van der Waals surface area contributed by atoms with E-state index in [-0.39, 0.29) is 5.82 Å². The fourth-order valence-electron chi connectivity index (χ4n) is 5.19. The van der Waals surface area contributed by atoms with Gasteiger partial charge in [0.25, 0.3) is 0 Å². The molecule has 5 nitrogen and oxygen atoms in total. The number of hydrogen-bond acceptors (Lipinski definition) is 3. The highest BCUT2D eigenvalue weighted by molar-refractivity contribution is 5.98. The molecular formula is C25H23FN5+. The SMILES string of the molecule is Fc1ccc(CNc2ccc3c(c2)-c2cccc4c2[N+]3(CCn2cncn2)CC4)cc1. The van der Waals surface area contributed by atoms with Crippen LogP contribution in [0.15, 0.2) is 73.3 Å². The lowest BCUT2D eigenvalue weighted by molar-refractivity contribution is 0.383. The molecule has 0 saturated heterocycles. The van der Waals surface area contributed by atoms with Gasteiger partial charge in [-0.3, -0.25) is 4.48 Å². The molecule has 2 aliphatic heterocycles. The first-order chi connectivity index (χ1) is 15.2. The fourth-order valence-corrected chi connectivity index (χ4v) is 5.19. The molecule has 0 aliphatic carbocycles. The van der Waals surface area contributed by atoms with Gasteiger partial charge in [-0.05, 0) is 35.9 Å². The predicted octanol–water partition coefficient (Wildman–Crippen LogP) is 4.91. The molecule has 2 aliphatic rings. The number of rotatable bonds is 6. The van der Waals surface area contributed by atoms with Gasteiger partial charge in [0.1, 0.15) is 36.4 Å². The summed E-state index contributed by atoms with van der Waals surface area (Å²) in [6, 6.07) is 20.1. The van der Waals surface area contributed by atoms with Crippen LogP contribution < -0.4 is 9.80 Å². The molecule has 1 atom stereocenters. The van der Waals surface area contributed by atoms with Crippen LogP contribution in [0.5, 0.6) is 0 Å². The van der Waals surface area contributed by atoms with Crippen LogP contribution in [-0.2, 0) is 19.5 Å². The fraction of sp³-hybridized carbons (Fsp3) is 0.200. The Labute approximate surface area is 180 Å². The van der Waals surface area contributed by atoms with E-state index >= 15 is 0 Å². The maximum Gasteiger partial charge on any atom is 0.149 e. The minimum absolute atomic E-state index is 0.205. The Bertz CT molecular complexity index is 1250. The summed E-state index contributed by atoms with van der Waals surface area (Å²) in [5.41, 5.74) is 9.06. The molecule has 3 aromatic carbocycles. The van der Waals surface area contributed by atoms with Crippen molar-refractivity contribution in [3.8, 4) is 11.1 Å². The zero-order valence-electron chi connectivity index (χ0n) is 17.1. The van der Waals surface area contributed by atoms with Crippen LogP contribution in [0.3, 0.4) is 0 Å². The van der Waals surface area contributed by atoms with Crippen molar-refractivity contribution in [2.45, 2.75) is 19.5 Å².